The summed E-state index contributed by atoms with van der Waals surface area (Å²) < 4.78 is 76.7. The minimum absolute atomic E-state index is 0.0699. The van der Waals surface area contributed by atoms with Crippen LogP contribution in [0, 0.1) is 5.82 Å². The molecule has 146 valence electrons. The number of carbonyl (C=O) groups excluding carboxylic acids is 1. The van der Waals surface area contributed by atoms with Crippen LogP contribution < -0.4 is 9.62 Å². The minimum Gasteiger partial charge on any atom is -0.324 e. The number of hydrogen-bond acceptors (Lipinski definition) is 3. The zero-order valence-electron chi connectivity index (χ0n) is 13.7. The second-order valence-corrected chi connectivity index (χ2v) is 7.80. The van der Waals surface area contributed by atoms with Gasteiger partial charge in [0.2, 0.25) is 15.9 Å². The van der Waals surface area contributed by atoms with Crippen LogP contribution in [0.25, 0.3) is 0 Å². The Morgan fingerprint density at radius 1 is 1.19 bits per heavy atom. The Labute approximate surface area is 157 Å². The molecule has 0 spiro atoms. The molecule has 0 unspecified atom stereocenters. The first-order valence-electron chi connectivity index (χ1n) is 7.28. The van der Waals surface area contributed by atoms with Gasteiger partial charge in [-0.25, -0.2) is 12.8 Å². The standard InChI is InChI=1S/C16H13ClF4N2O3S/c1-27(25,26)23(9-15(24)22-11-4-2-3-10(18)7-11)12-5-6-14(17)13(8-12)16(19,20)21/h2-8H,9H2,1H3,(H,22,24). The SMILES string of the molecule is CS(=O)(=O)N(CC(=O)Nc1cccc(F)c1)c1ccc(Cl)c(C(F)(F)F)c1. The van der Waals surface area contributed by atoms with Gasteiger partial charge in [0.25, 0.3) is 0 Å². The van der Waals surface area contributed by atoms with E-state index < -0.39 is 45.1 Å². The molecule has 1 amide bonds. The third-order valence-electron chi connectivity index (χ3n) is 3.34. The topological polar surface area (TPSA) is 66.5 Å². The molecule has 5 nitrogen and oxygen atoms in total. The summed E-state index contributed by atoms with van der Waals surface area (Å²) in [7, 11) is -4.10. The van der Waals surface area contributed by atoms with Crippen molar-refractivity contribution in [1.29, 1.82) is 0 Å². The fraction of sp³-hybridized carbons (Fsp3) is 0.188. The van der Waals surface area contributed by atoms with E-state index >= 15 is 0 Å². The third-order valence-corrected chi connectivity index (χ3v) is 4.81. The number of alkyl halides is 3. The molecule has 0 bridgehead atoms. The second-order valence-electron chi connectivity index (χ2n) is 5.49. The van der Waals surface area contributed by atoms with Gasteiger partial charge >= 0.3 is 6.18 Å². The van der Waals surface area contributed by atoms with E-state index in [0.29, 0.717) is 10.4 Å². The van der Waals surface area contributed by atoms with Crippen molar-refractivity contribution >= 4 is 38.9 Å². The molecular formula is C16H13ClF4N2O3S. The molecule has 1 N–H and O–H groups in total. The van der Waals surface area contributed by atoms with Crippen molar-refractivity contribution in [1.82, 2.24) is 0 Å². The van der Waals surface area contributed by atoms with Crippen LogP contribution in [0.4, 0.5) is 28.9 Å². The molecule has 0 atom stereocenters. The van der Waals surface area contributed by atoms with Gasteiger partial charge in [-0.15, -0.1) is 0 Å². The molecule has 0 aliphatic carbocycles. The Kier molecular flexibility index (Phi) is 6.01. The van der Waals surface area contributed by atoms with Gasteiger partial charge in [-0.2, -0.15) is 13.2 Å². The van der Waals surface area contributed by atoms with Crippen LogP contribution >= 0.6 is 11.6 Å². The molecule has 2 aromatic rings. The fourth-order valence-electron chi connectivity index (χ4n) is 2.18. The zero-order valence-corrected chi connectivity index (χ0v) is 15.3. The molecule has 0 saturated heterocycles. The molecule has 0 aromatic heterocycles. The number of nitrogens with one attached hydrogen (secondary N) is 1. The second kappa shape index (κ2) is 7.73. The van der Waals surface area contributed by atoms with Gasteiger partial charge in [0.15, 0.2) is 0 Å². The summed E-state index contributed by atoms with van der Waals surface area (Å²) in [4.78, 5) is 12.1. The normalized spacial score (nSPS) is 11.9. The number of hydrogen-bond donors (Lipinski definition) is 1. The summed E-state index contributed by atoms with van der Waals surface area (Å²) in [5.41, 5.74) is -1.55. The van der Waals surface area contributed by atoms with Crippen LogP contribution in [0.2, 0.25) is 5.02 Å². The van der Waals surface area contributed by atoms with Gasteiger partial charge < -0.3 is 5.32 Å². The van der Waals surface area contributed by atoms with Crippen LogP contribution in [0.1, 0.15) is 5.56 Å². The third kappa shape index (κ3) is 5.57. The van der Waals surface area contributed by atoms with Crippen molar-refractivity contribution in [2.75, 3.05) is 22.4 Å². The fourth-order valence-corrected chi connectivity index (χ4v) is 3.26. The lowest BCUT2D eigenvalue weighted by Gasteiger charge is -2.23. The van der Waals surface area contributed by atoms with Gasteiger partial charge in [-0.05, 0) is 36.4 Å². The van der Waals surface area contributed by atoms with Gasteiger partial charge in [0.05, 0.1) is 22.5 Å². The Morgan fingerprint density at radius 2 is 1.85 bits per heavy atom. The molecule has 0 radical (unpaired) electrons. The number of benzene rings is 2. The number of sulfonamides is 1. The first kappa shape index (κ1) is 21.0. The average Bonchev–Trinajstić information content (AvgIpc) is 2.51. The van der Waals surface area contributed by atoms with E-state index in [4.69, 9.17) is 11.6 Å². The Balaban J connectivity index is 2.33. The highest BCUT2D eigenvalue weighted by Gasteiger charge is 2.34. The van der Waals surface area contributed by atoms with E-state index in [9.17, 15) is 30.8 Å². The van der Waals surface area contributed by atoms with E-state index in [0.717, 1.165) is 30.5 Å². The predicted octanol–water partition coefficient (Wildman–Crippen LogP) is 3.90. The van der Waals surface area contributed by atoms with Crippen LogP contribution in [-0.2, 0) is 21.0 Å². The summed E-state index contributed by atoms with van der Waals surface area (Å²) in [5.74, 6) is -1.49. The summed E-state index contributed by atoms with van der Waals surface area (Å²) in [6.07, 6.45) is -4.07. The van der Waals surface area contributed by atoms with Crippen molar-refractivity contribution in [2.45, 2.75) is 6.18 Å². The van der Waals surface area contributed by atoms with Gasteiger partial charge in [0.1, 0.15) is 12.4 Å². The number of halogens is 5. The molecular weight excluding hydrogens is 412 g/mol. The molecule has 0 aliphatic heterocycles. The van der Waals surface area contributed by atoms with Crippen LogP contribution in [0.3, 0.4) is 0 Å². The maximum absolute atomic E-state index is 13.2. The van der Waals surface area contributed by atoms with Gasteiger partial charge in [-0.3, -0.25) is 9.10 Å². The Bertz CT molecular complexity index is 964. The minimum atomic E-state index is -4.81. The lowest BCUT2D eigenvalue weighted by atomic mass is 10.2. The van der Waals surface area contributed by atoms with Gasteiger partial charge in [-0.1, -0.05) is 17.7 Å². The first-order chi connectivity index (χ1) is 12.4. The lowest BCUT2D eigenvalue weighted by molar-refractivity contribution is -0.137. The average molecular weight is 425 g/mol. The number of amides is 1. The summed E-state index contributed by atoms with van der Waals surface area (Å²) in [5, 5.41) is 1.67. The van der Waals surface area contributed by atoms with Crippen molar-refractivity contribution in [3.8, 4) is 0 Å². The molecule has 2 aromatic carbocycles. The number of carbonyl (C=O) groups is 1. The highest BCUT2D eigenvalue weighted by molar-refractivity contribution is 7.92. The largest absolute Gasteiger partial charge is 0.417 e. The van der Waals surface area contributed by atoms with E-state index in [1.165, 1.54) is 12.1 Å². The zero-order chi connectivity index (χ0) is 20.4. The molecule has 11 heteroatoms. The highest BCUT2D eigenvalue weighted by atomic mass is 35.5. The van der Waals surface area contributed by atoms with Crippen molar-refractivity contribution in [2.24, 2.45) is 0 Å². The molecule has 27 heavy (non-hydrogen) atoms. The van der Waals surface area contributed by atoms with E-state index in [-0.39, 0.29) is 11.4 Å². The van der Waals surface area contributed by atoms with Crippen molar-refractivity contribution in [3.05, 3.63) is 58.9 Å². The smallest absolute Gasteiger partial charge is 0.324 e. The Morgan fingerprint density at radius 3 is 2.41 bits per heavy atom. The Hall–Kier alpha value is -2.33. The van der Waals surface area contributed by atoms with Gasteiger partial charge in [0, 0.05) is 5.69 Å². The van der Waals surface area contributed by atoms with Crippen LogP contribution in [-0.4, -0.2) is 27.1 Å². The molecule has 0 heterocycles. The molecule has 0 saturated carbocycles. The van der Waals surface area contributed by atoms with E-state index in [2.05, 4.69) is 5.32 Å². The van der Waals surface area contributed by atoms with Crippen LogP contribution in [0.15, 0.2) is 42.5 Å². The number of nitrogens with zero attached hydrogens (tertiary/aromatic N) is 1. The highest BCUT2D eigenvalue weighted by Crippen LogP contribution is 2.37. The monoisotopic (exact) mass is 424 g/mol. The molecule has 2 rings (SSSR count). The van der Waals surface area contributed by atoms with Crippen molar-refractivity contribution in [3.63, 3.8) is 0 Å². The molecule has 0 aliphatic rings. The predicted molar refractivity (Wildman–Crippen MR) is 93.7 cm³/mol. The van der Waals surface area contributed by atoms with Crippen LogP contribution in [0.5, 0.6) is 0 Å². The lowest BCUT2D eigenvalue weighted by Crippen LogP contribution is -2.37. The maximum atomic E-state index is 13.2. The molecule has 0 fully saturated rings. The quantitative estimate of drug-likeness (QED) is 0.740. The van der Waals surface area contributed by atoms with Crippen molar-refractivity contribution < 1.29 is 30.8 Å². The summed E-state index contributed by atoms with van der Waals surface area (Å²) >= 11 is 5.52. The maximum Gasteiger partial charge on any atom is 0.417 e. The van der Waals surface area contributed by atoms with E-state index in [1.54, 1.807) is 0 Å². The van der Waals surface area contributed by atoms with E-state index in [1.807, 2.05) is 0 Å². The summed E-state index contributed by atoms with van der Waals surface area (Å²) in [6.45, 7) is -0.811. The first-order valence-corrected chi connectivity index (χ1v) is 9.50. The number of rotatable bonds is 5. The summed E-state index contributed by atoms with van der Waals surface area (Å²) in [6, 6.07) is 7.33. The number of anilines is 2.